The predicted molar refractivity (Wildman–Crippen MR) is 98.2 cm³/mol. The summed E-state index contributed by atoms with van der Waals surface area (Å²) in [6, 6.07) is 15.4. The lowest BCUT2D eigenvalue weighted by molar-refractivity contribution is -0.136. The van der Waals surface area contributed by atoms with Gasteiger partial charge in [-0.1, -0.05) is 36.4 Å². The van der Waals surface area contributed by atoms with Crippen LogP contribution in [0.1, 0.15) is 46.8 Å². The molecule has 0 aliphatic heterocycles. The highest BCUT2D eigenvalue weighted by Crippen LogP contribution is 2.38. The Balaban J connectivity index is 1.84. The van der Waals surface area contributed by atoms with Crippen LogP contribution >= 0.6 is 0 Å². The van der Waals surface area contributed by atoms with Crippen molar-refractivity contribution in [2.75, 3.05) is 7.05 Å². The van der Waals surface area contributed by atoms with Crippen molar-refractivity contribution < 1.29 is 9.59 Å². The van der Waals surface area contributed by atoms with Gasteiger partial charge in [0.05, 0.1) is 5.41 Å². The zero-order valence-corrected chi connectivity index (χ0v) is 14.8. The van der Waals surface area contributed by atoms with Crippen molar-refractivity contribution >= 4 is 11.8 Å². The topological polar surface area (TPSA) is 63.4 Å². The van der Waals surface area contributed by atoms with Gasteiger partial charge in [0, 0.05) is 19.2 Å². The summed E-state index contributed by atoms with van der Waals surface area (Å²) in [6.45, 7) is 2.50. The van der Waals surface area contributed by atoms with Crippen LogP contribution in [0.3, 0.4) is 0 Å². The Morgan fingerprint density at radius 3 is 2.68 bits per heavy atom. The van der Waals surface area contributed by atoms with Gasteiger partial charge in [0.2, 0.25) is 11.8 Å². The third kappa shape index (κ3) is 3.29. The number of nitrogens with zero attached hydrogens (tertiary/aromatic N) is 1. The summed E-state index contributed by atoms with van der Waals surface area (Å²) in [5, 5.41) is 0. The number of aryl methyl sites for hydroxylation is 1. The Morgan fingerprint density at radius 2 is 1.92 bits per heavy atom. The monoisotopic (exact) mass is 336 g/mol. The van der Waals surface area contributed by atoms with Crippen LogP contribution in [-0.4, -0.2) is 23.8 Å². The minimum atomic E-state index is -0.495. The molecule has 0 heterocycles. The molecule has 3 rings (SSSR count). The summed E-state index contributed by atoms with van der Waals surface area (Å²) in [4.78, 5) is 26.3. The molecule has 2 aromatic rings. The molecule has 4 nitrogen and oxygen atoms in total. The molecule has 1 atom stereocenters. The highest BCUT2D eigenvalue weighted by atomic mass is 16.2. The Bertz CT molecular complexity index is 815. The normalized spacial score (nSPS) is 19.1. The van der Waals surface area contributed by atoms with Crippen LogP contribution < -0.4 is 5.73 Å². The van der Waals surface area contributed by atoms with E-state index in [1.807, 2.05) is 32.2 Å². The first-order valence-electron chi connectivity index (χ1n) is 8.64. The van der Waals surface area contributed by atoms with Gasteiger partial charge in [-0.25, -0.2) is 0 Å². The first kappa shape index (κ1) is 17.2. The highest BCUT2D eigenvalue weighted by molar-refractivity contribution is 5.93. The van der Waals surface area contributed by atoms with Gasteiger partial charge >= 0.3 is 0 Å². The van der Waals surface area contributed by atoms with Crippen LogP contribution in [0, 0.1) is 0 Å². The predicted octanol–water partition coefficient (Wildman–Crippen LogP) is 3.04. The summed E-state index contributed by atoms with van der Waals surface area (Å²) in [6.07, 6.45) is 2.90. The third-order valence-corrected chi connectivity index (χ3v) is 5.18. The van der Waals surface area contributed by atoms with E-state index in [4.69, 9.17) is 5.73 Å². The molecule has 0 aromatic heterocycles. The number of benzene rings is 2. The van der Waals surface area contributed by atoms with E-state index in [9.17, 15) is 9.59 Å². The summed E-state index contributed by atoms with van der Waals surface area (Å²) in [7, 11) is 1.82. The molecular formula is C21H24N2O2. The number of carbonyl (C=O) groups excluding carboxylic acids is 2. The van der Waals surface area contributed by atoms with Crippen molar-refractivity contribution in [3.8, 4) is 0 Å². The van der Waals surface area contributed by atoms with E-state index in [0.29, 0.717) is 12.1 Å². The molecule has 1 unspecified atom stereocenters. The van der Waals surface area contributed by atoms with Crippen LogP contribution in [0.4, 0.5) is 0 Å². The molecule has 4 heteroatoms. The van der Waals surface area contributed by atoms with Crippen molar-refractivity contribution in [2.45, 2.75) is 38.1 Å². The number of amides is 2. The molecule has 2 aromatic carbocycles. The van der Waals surface area contributed by atoms with E-state index in [0.717, 1.165) is 30.4 Å². The fraction of sp³-hybridized carbons (Fsp3) is 0.333. The molecule has 130 valence electrons. The largest absolute Gasteiger partial charge is 0.366 e. The van der Waals surface area contributed by atoms with Crippen molar-refractivity contribution in [1.82, 2.24) is 4.90 Å². The number of carbonyl (C=O) groups is 2. The average molecular weight is 336 g/mol. The zero-order valence-electron chi connectivity index (χ0n) is 14.8. The maximum Gasteiger partial charge on any atom is 0.248 e. The van der Waals surface area contributed by atoms with E-state index in [1.165, 1.54) is 5.56 Å². The van der Waals surface area contributed by atoms with Crippen LogP contribution in [0.15, 0.2) is 48.5 Å². The van der Waals surface area contributed by atoms with Gasteiger partial charge < -0.3 is 10.6 Å². The number of hydrogen-bond donors (Lipinski definition) is 1. The molecule has 1 aliphatic rings. The second-order valence-electron chi connectivity index (χ2n) is 7.07. The molecule has 25 heavy (non-hydrogen) atoms. The second-order valence-corrected chi connectivity index (χ2v) is 7.07. The SMILES string of the molecule is CN(Cc1cccc(C(N)=O)c1)C(=O)C1(C)CCCc2ccccc21. The quantitative estimate of drug-likeness (QED) is 0.933. The van der Waals surface area contributed by atoms with Gasteiger partial charge in [-0.15, -0.1) is 0 Å². The van der Waals surface area contributed by atoms with E-state index in [1.54, 1.807) is 23.1 Å². The van der Waals surface area contributed by atoms with E-state index in [-0.39, 0.29) is 5.91 Å². The van der Waals surface area contributed by atoms with E-state index >= 15 is 0 Å². The summed E-state index contributed by atoms with van der Waals surface area (Å²) < 4.78 is 0. The van der Waals surface area contributed by atoms with Crippen molar-refractivity contribution in [3.05, 3.63) is 70.8 Å². The van der Waals surface area contributed by atoms with Gasteiger partial charge in [-0.2, -0.15) is 0 Å². The maximum atomic E-state index is 13.2. The Morgan fingerprint density at radius 1 is 1.16 bits per heavy atom. The number of hydrogen-bond acceptors (Lipinski definition) is 2. The van der Waals surface area contributed by atoms with Gasteiger partial charge in [0.1, 0.15) is 0 Å². The summed E-state index contributed by atoms with van der Waals surface area (Å²) in [5.41, 5.74) is 8.63. The minimum Gasteiger partial charge on any atom is -0.366 e. The highest BCUT2D eigenvalue weighted by Gasteiger charge is 2.40. The number of primary amides is 1. The average Bonchev–Trinajstić information content (AvgIpc) is 2.61. The second kappa shape index (κ2) is 6.71. The Kier molecular flexibility index (Phi) is 4.62. The smallest absolute Gasteiger partial charge is 0.248 e. The molecule has 0 saturated carbocycles. The molecule has 1 aliphatic carbocycles. The number of nitrogens with two attached hydrogens (primary N) is 1. The van der Waals surface area contributed by atoms with Crippen LogP contribution in [-0.2, 0) is 23.2 Å². The van der Waals surface area contributed by atoms with Crippen molar-refractivity contribution in [3.63, 3.8) is 0 Å². The maximum absolute atomic E-state index is 13.2. The molecular weight excluding hydrogens is 312 g/mol. The number of rotatable bonds is 4. The Hall–Kier alpha value is -2.62. The van der Waals surface area contributed by atoms with Crippen LogP contribution in [0.25, 0.3) is 0 Å². The van der Waals surface area contributed by atoms with E-state index < -0.39 is 11.3 Å². The van der Waals surface area contributed by atoms with Gasteiger partial charge in [-0.05, 0) is 55.0 Å². The number of likely N-dealkylation sites (N-methyl/N-ethyl adjacent to an activating group) is 1. The molecule has 0 radical (unpaired) electrons. The summed E-state index contributed by atoms with van der Waals surface area (Å²) >= 11 is 0. The molecule has 0 spiro atoms. The number of fused-ring (bicyclic) bond motifs is 1. The minimum absolute atomic E-state index is 0.115. The van der Waals surface area contributed by atoms with Crippen LogP contribution in [0.2, 0.25) is 0 Å². The lowest BCUT2D eigenvalue weighted by Crippen LogP contribution is -2.45. The molecule has 2 amide bonds. The van der Waals surface area contributed by atoms with Gasteiger partial charge in [-0.3, -0.25) is 9.59 Å². The van der Waals surface area contributed by atoms with Crippen LogP contribution in [0.5, 0.6) is 0 Å². The molecule has 0 fully saturated rings. The standard InChI is InChI=1S/C21H24N2O2/c1-21(12-6-10-16-8-3-4-11-18(16)21)20(25)23(2)14-15-7-5-9-17(13-15)19(22)24/h3-5,7-9,11,13H,6,10,12,14H2,1-2H3,(H2,22,24). The lowest BCUT2D eigenvalue weighted by Gasteiger charge is -2.37. The van der Waals surface area contributed by atoms with Gasteiger partial charge in [0.25, 0.3) is 0 Å². The van der Waals surface area contributed by atoms with Gasteiger partial charge in [0.15, 0.2) is 0 Å². The molecule has 2 N–H and O–H groups in total. The lowest BCUT2D eigenvalue weighted by atomic mass is 9.70. The first-order chi connectivity index (χ1) is 11.9. The zero-order chi connectivity index (χ0) is 18.0. The van der Waals surface area contributed by atoms with Crippen molar-refractivity contribution in [2.24, 2.45) is 5.73 Å². The first-order valence-corrected chi connectivity index (χ1v) is 8.64. The molecule has 0 saturated heterocycles. The van der Waals surface area contributed by atoms with Crippen molar-refractivity contribution in [1.29, 1.82) is 0 Å². The Labute approximate surface area is 148 Å². The van der Waals surface area contributed by atoms with E-state index in [2.05, 4.69) is 12.1 Å². The summed E-state index contributed by atoms with van der Waals surface area (Å²) in [5.74, 6) is -0.340. The molecule has 0 bridgehead atoms. The fourth-order valence-electron chi connectivity index (χ4n) is 3.86. The fourth-order valence-corrected chi connectivity index (χ4v) is 3.86. The third-order valence-electron chi connectivity index (χ3n) is 5.18.